The van der Waals surface area contributed by atoms with Gasteiger partial charge in [0.05, 0.1) is 13.7 Å². The molecule has 0 unspecified atom stereocenters. The minimum Gasteiger partial charge on any atom is -0.493 e. The molecule has 0 saturated carbocycles. The summed E-state index contributed by atoms with van der Waals surface area (Å²) in [5, 5.41) is 0. The Hall–Kier alpha value is -1.99. The zero-order chi connectivity index (χ0) is 15.8. The van der Waals surface area contributed by atoms with Crippen LogP contribution in [0.5, 0.6) is 5.75 Å². The molecule has 0 atom stereocenters. The van der Waals surface area contributed by atoms with Crippen LogP contribution < -0.4 is 10.5 Å². The quantitative estimate of drug-likeness (QED) is 0.527. The van der Waals surface area contributed by atoms with Crippen LogP contribution in [0.2, 0.25) is 0 Å². The van der Waals surface area contributed by atoms with E-state index in [0.717, 1.165) is 49.2 Å². The molecule has 22 heavy (non-hydrogen) atoms. The van der Waals surface area contributed by atoms with Gasteiger partial charge in [-0.05, 0) is 43.4 Å². The second-order valence-electron chi connectivity index (χ2n) is 5.36. The van der Waals surface area contributed by atoms with Crippen molar-refractivity contribution in [2.75, 3.05) is 13.7 Å². The smallest absolute Gasteiger partial charge is 0.305 e. The second kappa shape index (κ2) is 8.45. The number of esters is 1. The zero-order valence-corrected chi connectivity index (χ0v) is 13.1. The molecular formula is C18H23NO3. The topological polar surface area (TPSA) is 61.5 Å². The predicted octanol–water partition coefficient (Wildman–Crippen LogP) is 2.56. The number of hydrogen-bond donors (Lipinski definition) is 1. The third kappa shape index (κ3) is 4.51. The van der Waals surface area contributed by atoms with E-state index in [0.29, 0.717) is 19.4 Å². The van der Waals surface area contributed by atoms with Gasteiger partial charge in [0, 0.05) is 30.5 Å². The molecule has 0 aromatic heterocycles. The van der Waals surface area contributed by atoms with Crippen LogP contribution in [0, 0.1) is 11.8 Å². The summed E-state index contributed by atoms with van der Waals surface area (Å²) in [4.78, 5) is 11.0. The van der Waals surface area contributed by atoms with Crippen molar-refractivity contribution in [2.24, 2.45) is 5.73 Å². The maximum atomic E-state index is 11.0. The molecule has 2 N–H and O–H groups in total. The van der Waals surface area contributed by atoms with Crippen LogP contribution in [0.3, 0.4) is 0 Å². The zero-order valence-electron chi connectivity index (χ0n) is 13.1. The molecule has 0 spiro atoms. The van der Waals surface area contributed by atoms with E-state index in [4.69, 9.17) is 10.5 Å². The number of ether oxygens (including phenoxy) is 2. The maximum absolute atomic E-state index is 11.0. The van der Waals surface area contributed by atoms with Gasteiger partial charge in [-0.25, -0.2) is 0 Å². The lowest BCUT2D eigenvalue weighted by molar-refractivity contribution is -0.140. The summed E-state index contributed by atoms with van der Waals surface area (Å²) in [6.07, 6.45) is 5.04. The summed E-state index contributed by atoms with van der Waals surface area (Å²) in [6.45, 7) is 1.22. The van der Waals surface area contributed by atoms with Crippen molar-refractivity contribution in [3.8, 4) is 17.6 Å². The fourth-order valence-corrected chi connectivity index (χ4v) is 2.53. The molecule has 1 aliphatic heterocycles. The van der Waals surface area contributed by atoms with Gasteiger partial charge < -0.3 is 15.2 Å². The van der Waals surface area contributed by atoms with E-state index in [9.17, 15) is 4.79 Å². The normalized spacial score (nSPS) is 13.2. The minimum absolute atomic E-state index is 0.186. The first kappa shape index (κ1) is 16.4. The van der Waals surface area contributed by atoms with E-state index in [2.05, 4.69) is 22.6 Å². The number of unbranched alkanes of at least 4 members (excludes halogenated alkanes) is 1. The van der Waals surface area contributed by atoms with E-state index in [-0.39, 0.29) is 5.97 Å². The first-order valence-corrected chi connectivity index (χ1v) is 7.79. The van der Waals surface area contributed by atoms with Crippen molar-refractivity contribution in [1.29, 1.82) is 0 Å². The molecule has 1 aromatic carbocycles. The number of hydrogen-bond acceptors (Lipinski definition) is 4. The van der Waals surface area contributed by atoms with E-state index in [1.165, 1.54) is 12.7 Å². The highest BCUT2D eigenvalue weighted by Crippen LogP contribution is 2.29. The van der Waals surface area contributed by atoms with Gasteiger partial charge in [0.1, 0.15) is 5.75 Å². The summed E-state index contributed by atoms with van der Waals surface area (Å²) in [7, 11) is 1.40. The van der Waals surface area contributed by atoms with E-state index < -0.39 is 0 Å². The Balaban J connectivity index is 2.06. The molecule has 4 heteroatoms. The standard InChI is InChI=1S/C18H23NO3/c1-21-17(20)9-4-2-3-7-14-11-15-8-5-6-10-22-18(15)16(12-14)13-19/h11-12H,2,4-6,8-10,13,19H2,1H3. The van der Waals surface area contributed by atoms with Gasteiger partial charge in [0.2, 0.25) is 0 Å². The van der Waals surface area contributed by atoms with Crippen LogP contribution in [-0.2, 0) is 22.5 Å². The summed E-state index contributed by atoms with van der Waals surface area (Å²) < 4.78 is 10.4. The fourth-order valence-electron chi connectivity index (χ4n) is 2.53. The average molecular weight is 301 g/mol. The highest BCUT2D eigenvalue weighted by molar-refractivity contribution is 5.69. The van der Waals surface area contributed by atoms with Gasteiger partial charge in [0.25, 0.3) is 0 Å². The van der Waals surface area contributed by atoms with Crippen molar-refractivity contribution in [3.63, 3.8) is 0 Å². The first-order valence-electron chi connectivity index (χ1n) is 7.79. The van der Waals surface area contributed by atoms with E-state index >= 15 is 0 Å². The number of carbonyl (C=O) groups is 1. The molecule has 1 aromatic rings. The molecule has 0 saturated heterocycles. The van der Waals surface area contributed by atoms with Crippen molar-refractivity contribution >= 4 is 5.97 Å². The first-order chi connectivity index (χ1) is 10.7. The highest BCUT2D eigenvalue weighted by Gasteiger charge is 2.13. The van der Waals surface area contributed by atoms with Gasteiger partial charge in [-0.1, -0.05) is 11.8 Å². The molecule has 1 aliphatic rings. The van der Waals surface area contributed by atoms with Crippen molar-refractivity contribution in [3.05, 3.63) is 28.8 Å². The average Bonchev–Trinajstić information content (AvgIpc) is 2.78. The lowest BCUT2D eigenvalue weighted by Gasteiger charge is -2.12. The molecular weight excluding hydrogens is 278 g/mol. The van der Waals surface area contributed by atoms with Gasteiger partial charge in [-0.3, -0.25) is 4.79 Å². The molecule has 0 radical (unpaired) electrons. The molecule has 1 heterocycles. The second-order valence-corrected chi connectivity index (χ2v) is 5.36. The van der Waals surface area contributed by atoms with Gasteiger partial charge >= 0.3 is 5.97 Å². The molecule has 0 bridgehead atoms. The monoisotopic (exact) mass is 301 g/mol. The summed E-state index contributed by atoms with van der Waals surface area (Å²) in [6, 6.07) is 4.12. The summed E-state index contributed by atoms with van der Waals surface area (Å²) in [5.41, 5.74) is 9.05. The Morgan fingerprint density at radius 2 is 2.27 bits per heavy atom. The fraction of sp³-hybridized carbons (Fsp3) is 0.500. The van der Waals surface area contributed by atoms with Gasteiger partial charge in [-0.15, -0.1) is 0 Å². The maximum Gasteiger partial charge on any atom is 0.305 e. The summed E-state index contributed by atoms with van der Waals surface area (Å²) >= 11 is 0. The Bertz CT molecular complexity index is 584. The Morgan fingerprint density at radius 3 is 3.05 bits per heavy atom. The Labute approximate surface area is 132 Å². The lowest BCUT2D eigenvalue weighted by Crippen LogP contribution is -2.04. The third-order valence-corrected chi connectivity index (χ3v) is 3.69. The number of aryl methyl sites for hydroxylation is 1. The predicted molar refractivity (Wildman–Crippen MR) is 85.5 cm³/mol. The van der Waals surface area contributed by atoms with Crippen LogP contribution in [0.4, 0.5) is 0 Å². The van der Waals surface area contributed by atoms with Crippen LogP contribution >= 0.6 is 0 Å². The Morgan fingerprint density at radius 1 is 1.41 bits per heavy atom. The molecule has 2 rings (SSSR count). The van der Waals surface area contributed by atoms with Crippen molar-refractivity contribution in [2.45, 2.75) is 45.1 Å². The summed E-state index contributed by atoms with van der Waals surface area (Å²) in [5.74, 6) is 7.05. The number of carbonyl (C=O) groups excluding carboxylic acids is 1. The van der Waals surface area contributed by atoms with Crippen LogP contribution in [0.1, 0.15) is 48.8 Å². The number of rotatable bonds is 4. The lowest BCUT2D eigenvalue weighted by atomic mass is 10.0. The minimum atomic E-state index is -0.186. The van der Waals surface area contributed by atoms with Crippen LogP contribution in [-0.4, -0.2) is 19.7 Å². The third-order valence-electron chi connectivity index (χ3n) is 3.69. The SMILES string of the molecule is COC(=O)CCCC#Cc1cc(CN)c2c(c1)CCCCO2. The molecule has 0 aliphatic carbocycles. The van der Waals surface area contributed by atoms with Crippen molar-refractivity contribution < 1.29 is 14.3 Å². The molecule has 0 fully saturated rings. The van der Waals surface area contributed by atoms with E-state index in [1.807, 2.05) is 6.07 Å². The molecule has 4 nitrogen and oxygen atoms in total. The number of methoxy groups -OCH3 is 1. The van der Waals surface area contributed by atoms with Crippen LogP contribution in [0.15, 0.2) is 12.1 Å². The van der Waals surface area contributed by atoms with Gasteiger partial charge in [-0.2, -0.15) is 0 Å². The van der Waals surface area contributed by atoms with Crippen LogP contribution in [0.25, 0.3) is 0 Å². The number of nitrogens with two attached hydrogens (primary N) is 1. The van der Waals surface area contributed by atoms with E-state index in [1.54, 1.807) is 0 Å². The Kier molecular flexibility index (Phi) is 6.29. The molecule has 118 valence electrons. The highest BCUT2D eigenvalue weighted by atomic mass is 16.5. The number of fused-ring (bicyclic) bond motifs is 1. The number of benzene rings is 1. The van der Waals surface area contributed by atoms with Gasteiger partial charge in [0.15, 0.2) is 0 Å². The van der Waals surface area contributed by atoms with Crippen molar-refractivity contribution in [1.82, 2.24) is 0 Å². The molecule has 0 amide bonds. The largest absolute Gasteiger partial charge is 0.493 e.